The van der Waals surface area contributed by atoms with E-state index in [4.69, 9.17) is 5.73 Å². The second-order valence-corrected chi connectivity index (χ2v) is 5.41. The number of nitrogens with one attached hydrogen (secondary N) is 1. The van der Waals surface area contributed by atoms with Crippen LogP contribution in [-0.2, 0) is 13.0 Å². The van der Waals surface area contributed by atoms with E-state index in [-0.39, 0.29) is 0 Å². The third-order valence-electron chi connectivity index (χ3n) is 2.97. The molecule has 4 heteroatoms. The summed E-state index contributed by atoms with van der Waals surface area (Å²) >= 11 is 1.71. The fourth-order valence-electron chi connectivity index (χ4n) is 1.78. The Bertz CT molecular complexity index is 572. The summed E-state index contributed by atoms with van der Waals surface area (Å²) in [6.45, 7) is 4.86. The first-order valence-electron chi connectivity index (χ1n) is 6.38. The zero-order valence-electron chi connectivity index (χ0n) is 11.3. The van der Waals surface area contributed by atoms with E-state index in [9.17, 15) is 0 Å². The van der Waals surface area contributed by atoms with Crippen LogP contribution in [0.3, 0.4) is 0 Å². The molecule has 0 bridgehead atoms. The maximum absolute atomic E-state index is 5.91. The Morgan fingerprint density at radius 3 is 2.89 bits per heavy atom. The minimum Gasteiger partial charge on any atom is -0.370 e. The highest BCUT2D eigenvalue weighted by atomic mass is 32.1. The molecule has 1 heterocycles. The summed E-state index contributed by atoms with van der Waals surface area (Å²) < 4.78 is 0. The zero-order valence-corrected chi connectivity index (χ0v) is 12.1. The average molecular weight is 273 g/mol. The Morgan fingerprint density at radius 1 is 1.37 bits per heavy atom. The molecule has 0 radical (unpaired) electrons. The number of rotatable bonds is 4. The summed E-state index contributed by atoms with van der Waals surface area (Å²) in [5.74, 6) is 0.459. The van der Waals surface area contributed by atoms with Gasteiger partial charge in [0, 0.05) is 10.6 Å². The molecule has 3 nitrogen and oxygen atoms in total. The number of anilines is 1. The molecule has 0 atom stereocenters. The first kappa shape index (κ1) is 13.6. The van der Waals surface area contributed by atoms with Gasteiger partial charge in [-0.25, -0.2) is 4.99 Å². The summed E-state index contributed by atoms with van der Waals surface area (Å²) in [5.41, 5.74) is 9.45. The third kappa shape index (κ3) is 3.83. The van der Waals surface area contributed by atoms with Crippen LogP contribution >= 0.6 is 11.3 Å². The molecule has 2 aromatic rings. The SMILES string of the molecule is CCc1cccc(NC(N)=NCc2sccc2C)c1. The van der Waals surface area contributed by atoms with Crippen LogP contribution in [0.15, 0.2) is 40.7 Å². The minimum absolute atomic E-state index is 0.459. The van der Waals surface area contributed by atoms with E-state index < -0.39 is 0 Å². The molecule has 0 amide bonds. The molecule has 3 N–H and O–H groups in total. The summed E-state index contributed by atoms with van der Waals surface area (Å²) in [6, 6.07) is 10.3. The lowest BCUT2D eigenvalue weighted by atomic mass is 10.1. The van der Waals surface area contributed by atoms with Crippen LogP contribution in [0, 0.1) is 6.92 Å². The molecule has 19 heavy (non-hydrogen) atoms. The molecular formula is C15H19N3S. The predicted molar refractivity (Wildman–Crippen MR) is 83.8 cm³/mol. The zero-order chi connectivity index (χ0) is 13.7. The van der Waals surface area contributed by atoms with Gasteiger partial charge in [-0.2, -0.15) is 0 Å². The number of aliphatic imine (C=N–C) groups is 1. The van der Waals surface area contributed by atoms with Gasteiger partial charge in [0.25, 0.3) is 0 Å². The topological polar surface area (TPSA) is 50.4 Å². The second-order valence-electron chi connectivity index (χ2n) is 4.41. The molecule has 1 aromatic heterocycles. The molecule has 2 rings (SSSR count). The molecule has 100 valence electrons. The molecule has 0 aliphatic rings. The van der Waals surface area contributed by atoms with E-state index in [0.717, 1.165) is 12.1 Å². The smallest absolute Gasteiger partial charge is 0.193 e. The van der Waals surface area contributed by atoms with Crippen LogP contribution in [0.1, 0.15) is 22.9 Å². The Balaban J connectivity index is 2.00. The van der Waals surface area contributed by atoms with Gasteiger partial charge in [0.15, 0.2) is 5.96 Å². The quantitative estimate of drug-likeness (QED) is 0.661. The van der Waals surface area contributed by atoms with Crippen LogP contribution in [0.5, 0.6) is 0 Å². The number of nitrogens with zero attached hydrogens (tertiary/aromatic N) is 1. The van der Waals surface area contributed by atoms with Crippen molar-refractivity contribution < 1.29 is 0 Å². The average Bonchev–Trinajstić information content (AvgIpc) is 2.82. The second kappa shape index (κ2) is 6.38. The normalized spacial score (nSPS) is 11.6. The van der Waals surface area contributed by atoms with Crippen molar-refractivity contribution >= 4 is 23.0 Å². The highest BCUT2D eigenvalue weighted by Crippen LogP contribution is 2.16. The summed E-state index contributed by atoms with van der Waals surface area (Å²) in [5, 5.41) is 5.21. The fourth-order valence-corrected chi connectivity index (χ4v) is 2.61. The summed E-state index contributed by atoms with van der Waals surface area (Å²) in [7, 11) is 0. The molecule has 0 spiro atoms. The molecule has 0 fully saturated rings. The van der Waals surface area contributed by atoms with E-state index in [0.29, 0.717) is 12.5 Å². The van der Waals surface area contributed by atoms with Gasteiger partial charge in [-0.15, -0.1) is 11.3 Å². The van der Waals surface area contributed by atoms with Gasteiger partial charge in [0.1, 0.15) is 0 Å². The Morgan fingerprint density at radius 2 is 2.21 bits per heavy atom. The fraction of sp³-hybridized carbons (Fsp3) is 0.267. The van der Waals surface area contributed by atoms with Gasteiger partial charge < -0.3 is 11.1 Å². The lowest BCUT2D eigenvalue weighted by molar-refractivity contribution is 1.07. The highest BCUT2D eigenvalue weighted by molar-refractivity contribution is 7.10. The van der Waals surface area contributed by atoms with Gasteiger partial charge in [-0.3, -0.25) is 0 Å². The Hall–Kier alpha value is -1.81. The van der Waals surface area contributed by atoms with E-state index >= 15 is 0 Å². The first-order valence-corrected chi connectivity index (χ1v) is 7.26. The monoisotopic (exact) mass is 273 g/mol. The van der Waals surface area contributed by atoms with Gasteiger partial charge >= 0.3 is 0 Å². The van der Waals surface area contributed by atoms with Crippen molar-refractivity contribution in [2.24, 2.45) is 10.7 Å². The van der Waals surface area contributed by atoms with Crippen LogP contribution < -0.4 is 11.1 Å². The standard InChI is InChI=1S/C15H19N3S/c1-3-12-5-4-6-13(9-12)18-15(16)17-10-14-11(2)7-8-19-14/h4-9H,3,10H2,1-2H3,(H3,16,17,18). The maximum atomic E-state index is 5.91. The third-order valence-corrected chi connectivity index (χ3v) is 3.98. The van der Waals surface area contributed by atoms with Crippen molar-refractivity contribution in [3.05, 3.63) is 51.7 Å². The number of aryl methyl sites for hydroxylation is 2. The van der Waals surface area contributed by atoms with Gasteiger partial charge in [-0.05, 0) is 48.1 Å². The van der Waals surface area contributed by atoms with Gasteiger partial charge in [-0.1, -0.05) is 19.1 Å². The molecule has 0 unspecified atom stereocenters. The minimum atomic E-state index is 0.459. The van der Waals surface area contributed by atoms with E-state index in [1.54, 1.807) is 11.3 Å². The van der Waals surface area contributed by atoms with Crippen molar-refractivity contribution in [1.82, 2.24) is 0 Å². The number of hydrogen-bond acceptors (Lipinski definition) is 2. The molecule has 0 aliphatic heterocycles. The number of guanidine groups is 1. The van der Waals surface area contributed by atoms with Crippen molar-refractivity contribution in [1.29, 1.82) is 0 Å². The van der Waals surface area contributed by atoms with Gasteiger partial charge in [0.2, 0.25) is 0 Å². The number of benzene rings is 1. The van der Waals surface area contributed by atoms with E-state index in [2.05, 4.69) is 47.7 Å². The molecule has 1 aromatic carbocycles. The Kier molecular flexibility index (Phi) is 4.58. The van der Waals surface area contributed by atoms with Crippen molar-refractivity contribution in [2.75, 3.05) is 5.32 Å². The van der Waals surface area contributed by atoms with Gasteiger partial charge in [0.05, 0.1) is 6.54 Å². The largest absolute Gasteiger partial charge is 0.370 e. The number of thiophene rings is 1. The van der Waals surface area contributed by atoms with E-state index in [1.807, 2.05) is 12.1 Å². The first-order chi connectivity index (χ1) is 9.19. The molecule has 0 aliphatic carbocycles. The van der Waals surface area contributed by atoms with E-state index in [1.165, 1.54) is 16.0 Å². The summed E-state index contributed by atoms with van der Waals surface area (Å²) in [6.07, 6.45) is 1.01. The molecular weight excluding hydrogens is 254 g/mol. The highest BCUT2D eigenvalue weighted by Gasteiger charge is 2.00. The number of nitrogens with two attached hydrogens (primary N) is 1. The van der Waals surface area contributed by atoms with Crippen LogP contribution in [0.4, 0.5) is 5.69 Å². The van der Waals surface area contributed by atoms with Crippen molar-refractivity contribution in [2.45, 2.75) is 26.8 Å². The van der Waals surface area contributed by atoms with Crippen LogP contribution in [0.2, 0.25) is 0 Å². The van der Waals surface area contributed by atoms with Crippen LogP contribution in [-0.4, -0.2) is 5.96 Å². The lowest BCUT2D eigenvalue weighted by Crippen LogP contribution is -2.22. The maximum Gasteiger partial charge on any atom is 0.193 e. The lowest BCUT2D eigenvalue weighted by Gasteiger charge is -2.07. The predicted octanol–water partition coefficient (Wildman–Crippen LogP) is 3.55. The summed E-state index contributed by atoms with van der Waals surface area (Å²) in [4.78, 5) is 5.63. The van der Waals surface area contributed by atoms with Crippen molar-refractivity contribution in [3.63, 3.8) is 0 Å². The number of hydrogen-bond donors (Lipinski definition) is 2. The molecule has 0 saturated carbocycles. The van der Waals surface area contributed by atoms with Crippen LogP contribution in [0.25, 0.3) is 0 Å². The van der Waals surface area contributed by atoms with Crippen molar-refractivity contribution in [3.8, 4) is 0 Å². The molecule has 0 saturated heterocycles. The Labute approximate surface area is 118 Å².